The molecule has 0 saturated heterocycles. The van der Waals surface area contributed by atoms with Crippen LogP contribution in [-0.2, 0) is 11.2 Å². The molecule has 1 aliphatic heterocycles. The second kappa shape index (κ2) is 11.5. The van der Waals surface area contributed by atoms with Crippen molar-refractivity contribution in [2.24, 2.45) is 0 Å². The van der Waals surface area contributed by atoms with Gasteiger partial charge in [0.15, 0.2) is 11.5 Å². The van der Waals surface area contributed by atoms with Gasteiger partial charge < -0.3 is 24.4 Å². The Morgan fingerprint density at radius 1 is 1.03 bits per heavy atom. The van der Waals surface area contributed by atoms with E-state index in [1.165, 1.54) is 4.88 Å². The molecule has 2 amide bonds. The van der Waals surface area contributed by atoms with Crippen molar-refractivity contribution in [3.63, 3.8) is 0 Å². The van der Waals surface area contributed by atoms with E-state index in [2.05, 4.69) is 11.4 Å². The second-order valence-corrected chi connectivity index (χ2v) is 9.62. The fraction of sp³-hybridized carbons (Fsp3) is 0.357. The van der Waals surface area contributed by atoms with E-state index in [4.69, 9.17) is 14.2 Å². The molecule has 0 spiro atoms. The number of ether oxygens (including phenoxy) is 3. The zero-order valence-electron chi connectivity index (χ0n) is 21.1. The van der Waals surface area contributed by atoms with Gasteiger partial charge in [-0.25, -0.2) is 0 Å². The first-order valence-corrected chi connectivity index (χ1v) is 12.9. The van der Waals surface area contributed by atoms with Crippen LogP contribution >= 0.6 is 11.3 Å². The van der Waals surface area contributed by atoms with E-state index < -0.39 is 12.0 Å². The second-order valence-electron chi connectivity index (χ2n) is 8.59. The van der Waals surface area contributed by atoms with Crippen molar-refractivity contribution in [1.29, 1.82) is 0 Å². The summed E-state index contributed by atoms with van der Waals surface area (Å²) in [6.45, 7) is 3.05. The molecule has 1 aromatic heterocycles. The van der Waals surface area contributed by atoms with Crippen LogP contribution < -0.4 is 19.5 Å². The number of thiophene rings is 1. The molecule has 0 saturated carbocycles. The molecule has 0 fully saturated rings. The molecule has 2 heterocycles. The maximum atomic E-state index is 13.8. The lowest BCUT2D eigenvalue weighted by atomic mass is 9.79. The molecule has 2 aromatic carbocycles. The van der Waals surface area contributed by atoms with Gasteiger partial charge in [-0.05, 0) is 53.6 Å². The van der Waals surface area contributed by atoms with Gasteiger partial charge >= 0.3 is 0 Å². The SMILES string of the molecule is CCCN1C(=O)c2ccccc2[C@H](C(=O)NCCc2cccs2)[C@H]1c1cc(OC)c(OC)c(OC)c1. The lowest BCUT2D eigenvalue weighted by Gasteiger charge is -2.42. The predicted molar refractivity (Wildman–Crippen MR) is 140 cm³/mol. The van der Waals surface area contributed by atoms with E-state index in [9.17, 15) is 9.59 Å². The highest BCUT2D eigenvalue weighted by Crippen LogP contribution is 2.47. The molecular formula is C28H32N2O5S. The smallest absolute Gasteiger partial charge is 0.254 e. The Bertz CT molecular complexity index is 1190. The molecule has 190 valence electrons. The predicted octanol–water partition coefficient (Wildman–Crippen LogP) is 4.82. The quantitative estimate of drug-likeness (QED) is 0.425. The van der Waals surface area contributed by atoms with E-state index in [0.717, 1.165) is 24.0 Å². The highest BCUT2D eigenvalue weighted by molar-refractivity contribution is 7.09. The molecule has 36 heavy (non-hydrogen) atoms. The third-order valence-corrected chi connectivity index (χ3v) is 7.40. The van der Waals surface area contributed by atoms with Crippen LogP contribution in [0.25, 0.3) is 0 Å². The number of carbonyl (C=O) groups excluding carboxylic acids is 2. The normalized spacial score (nSPS) is 16.9. The van der Waals surface area contributed by atoms with Crippen molar-refractivity contribution in [3.8, 4) is 17.2 Å². The third kappa shape index (κ3) is 4.91. The highest BCUT2D eigenvalue weighted by Gasteiger charge is 2.44. The van der Waals surface area contributed by atoms with Gasteiger partial charge in [0.05, 0.1) is 33.3 Å². The molecule has 8 heteroatoms. The van der Waals surface area contributed by atoms with Crippen molar-refractivity contribution >= 4 is 23.2 Å². The number of nitrogens with one attached hydrogen (secondary N) is 1. The number of amides is 2. The van der Waals surface area contributed by atoms with Gasteiger partial charge in [0, 0.05) is 23.5 Å². The van der Waals surface area contributed by atoms with Gasteiger partial charge in [-0.3, -0.25) is 9.59 Å². The van der Waals surface area contributed by atoms with E-state index >= 15 is 0 Å². The topological polar surface area (TPSA) is 77.1 Å². The summed E-state index contributed by atoms with van der Waals surface area (Å²) >= 11 is 1.67. The van der Waals surface area contributed by atoms with Crippen molar-refractivity contribution in [1.82, 2.24) is 10.2 Å². The van der Waals surface area contributed by atoms with Crippen LogP contribution in [0.4, 0.5) is 0 Å². The lowest BCUT2D eigenvalue weighted by molar-refractivity contribution is -0.124. The minimum atomic E-state index is -0.600. The molecule has 0 aliphatic carbocycles. The number of nitrogens with zero attached hydrogens (tertiary/aromatic N) is 1. The Hall–Kier alpha value is -3.52. The van der Waals surface area contributed by atoms with Crippen LogP contribution in [0.3, 0.4) is 0 Å². The highest BCUT2D eigenvalue weighted by atomic mass is 32.1. The van der Waals surface area contributed by atoms with Crippen LogP contribution in [0.1, 0.15) is 51.7 Å². The van der Waals surface area contributed by atoms with Gasteiger partial charge in [0.1, 0.15) is 0 Å². The molecule has 7 nitrogen and oxygen atoms in total. The maximum absolute atomic E-state index is 13.8. The molecule has 1 aliphatic rings. The number of carbonyl (C=O) groups is 2. The van der Waals surface area contributed by atoms with Crippen molar-refractivity contribution in [3.05, 3.63) is 75.5 Å². The number of hydrogen-bond acceptors (Lipinski definition) is 6. The van der Waals surface area contributed by atoms with Gasteiger partial charge in [0.25, 0.3) is 5.91 Å². The third-order valence-electron chi connectivity index (χ3n) is 6.46. The summed E-state index contributed by atoms with van der Waals surface area (Å²) in [5, 5.41) is 5.16. The maximum Gasteiger partial charge on any atom is 0.254 e. The van der Waals surface area contributed by atoms with Crippen LogP contribution in [0.2, 0.25) is 0 Å². The average molecular weight is 509 g/mol. The number of hydrogen-bond donors (Lipinski definition) is 1. The van der Waals surface area contributed by atoms with Crippen molar-refractivity contribution in [2.75, 3.05) is 34.4 Å². The molecular weight excluding hydrogens is 476 g/mol. The Morgan fingerprint density at radius 3 is 2.36 bits per heavy atom. The Morgan fingerprint density at radius 2 is 1.75 bits per heavy atom. The number of methoxy groups -OCH3 is 3. The van der Waals surface area contributed by atoms with Crippen molar-refractivity contribution in [2.45, 2.75) is 31.7 Å². The fourth-order valence-electron chi connectivity index (χ4n) is 4.88. The summed E-state index contributed by atoms with van der Waals surface area (Å²) in [5.41, 5.74) is 2.04. The van der Waals surface area contributed by atoms with Crippen molar-refractivity contribution < 1.29 is 23.8 Å². The van der Waals surface area contributed by atoms with Gasteiger partial charge in [-0.15, -0.1) is 11.3 Å². The summed E-state index contributed by atoms with van der Waals surface area (Å²) in [5.74, 6) is 0.611. The van der Waals surface area contributed by atoms with E-state index in [1.807, 2.05) is 48.7 Å². The first kappa shape index (κ1) is 25.6. The standard InChI is InChI=1S/C28H32N2O5S/c1-5-14-30-25(18-16-22(33-2)26(35-4)23(17-18)34-3)24(20-10-6-7-11-21(20)28(30)32)27(31)29-13-12-19-9-8-15-36-19/h6-11,15-17,24-25H,5,12-14H2,1-4H3,(H,29,31)/t24-,25+/m0/s1. The zero-order chi connectivity index (χ0) is 25.7. The monoisotopic (exact) mass is 508 g/mol. The Balaban J connectivity index is 1.80. The largest absolute Gasteiger partial charge is 0.493 e. The summed E-state index contributed by atoms with van der Waals surface area (Å²) in [6.07, 6.45) is 1.51. The zero-order valence-corrected chi connectivity index (χ0v) is 21.9. The minimum absolute atomic E-state index is 0.0890. The summed E-state index contributed by atoms with van der Waals surface area (Å²) in [6, 6.07) is 14.6. The van der Waals surface area contributed by atoms with Crippen LogP contribution in [0, 0.1) is 0 Å². The van der Waals surface area contributed by atoms with Crippen LogP contribution in [0.15, 0.2) is 53.9 Å². The summed E-state index contributed by atoms with van der Waals surface area (Å²) < 4.78 is 16.7. The minimum Gasteiger partial charge on any atom is -0.493 e. The summed E-state index contributed by atoms with van der Waals surface area (Å²) in [4.78, 5) is 30.5. The van der Waals surface area contributed by atoms with Gasteiger partial charge in [-0.2, -0.15) is 0 Å². The van der Waals surface area contributed by atoms with Gasteiger partial charge in [-0.1, -0.05) is 31.2 Å². The Labute approximate surface area is 216 Å². The molecule has 0 radical (unpaired) electrons. The first-order valence-electron chi connectivity index (χ1n) is 12.0. The molecule has 4 rings (SSSR count). The average Bonchev–Trinajstić information content (AvgIpc) is 3.42. The fourth-order valence-corrected chi connectivity index (χ4v) is 5.59. The van der Waals surface area contributed by atoms with E-state index in [1.54, 1.807) is 43.6 Å². The molecule has 2 atom stereocenters. The lowest BCUT2D eigenvalue weighted by Crippen LogP contribution is -2.47. The van der Waals surface area contributed by atoms with E-state index in [-0.39, 0.29) is 11.8 Å². The Kier molecular flexibility index (Phi) is 8.15. The molecule has 0 unspecified atom stereocenters. The molecule has 1 N–H and O–H groups in total. The van der Waals surface area contributed by atoms with Gasteiger partial charge in [0.2, 0.25) is 11.7 Å². The van der Waals surface area contributed by atoms with Crippen LogP contribution in [0.5, 0.6) is 17.2 Å². The number of fused-ring (bicyclic) bond motifs is 1. The first-order chi connectivity index (χ1) is 17.5. The summed E-state index contributed by atoms with van der Waals surface area (Å²) in [7, 11) is 4.66. The number of rotatable bonds is 10. The number of benzene rings is 2. The van der Waals surface area contributed by atoms with Crippen LogP contribution in [-0.4, -0.2) is 51.1 Å². The molecule has 3 aromatic rings. The van der Waals surface area contributed by atoms with E-state index in [0.29, 0.717) is 35.9 Å². The molecule has 0 bridgehead atoms.